The molecule has 1 heterocycles. The van der Waals surface area contributed by atoms with Gasteiger partial charge in [0.1, 0.15) is 5.52 Å². The first kappa shape index (κ1) is 22.7. The number of rotatable bonds is 8. The molecule has 2 N–H and O–H groups in total. The van der Waals surface area contributed by atoms with Crippen LogP contribution in [0, 0.1) is 0 Å². The Morgan fingerprint density at radius 2 is 1.67 bits per heavy atom. The third-order valence-corrected chi connectivity index (χ3v) is 6.61. The van der Waals surface area contributed by atoms with Gasteiger partial charge in [-0.3, -0.25) is 4.79 Å². The van der Waals surface area contributed by atoms with Gasteiger partial charge in [0.15, 0.2) is 5.76 Å². The summed E-state index contributed by atoms with van der Waals surface area (Å²) in [4.78, 5) is 12.9. The highest BCUT2D eigenvalue weighted by atomic mass is 32.2. The second kappa shape index (κ2) is 9.56. The smallest absolute Gasteiger partial charge is 0.251 e. The second-order valence-corrected chi connectivity index (χ2v) is 9.85. The van der Waals surface area contributed by atoms with Gasteiger partial charge in [0.2, 0.25) is 10.0 Å². The van der Waals surface area contributed by atoms with E-state index in [-0.39, 0.29) is 24.2 Å². The molecule has 170 valence electrons. The van der Waals surface area contributed by atoms with Gasteiger partial charge in [0.05, 0.1) is 11.1 Å². The molecule has 0 saturated carbocycles. The predicted octanol–water partition coefficient (Wildman–Crippen LogP) is 4.25. The molecular formula is C25H25N3O4S. The van der Waals surface area contributed by atoms with Crippen LogP contribution in [0.2, 0.25) is 0 Å². The maximum atomic E-state index is 12.9. The molecule has 0 aliphatic rings. The molecule has 3 aromatic carbocycles. The molecule has 0 aliphatic heterocycles. The Bertz CT molecular complexity index is 1380. The van der Waals surface area contributed by atoms with E-state index in [1.807, 2.05) is 42.5 Å². The van der Waals surface area contributed by atoms with Crippen molar-refractivity contribution in [2.75, 3.05) is 0 Å². The van der Waals surface area contributed by atoms with Crippen LogP contribution in [0.15, 0.2) is 77.3 Å². The van der Waals surface area contributed by atoms with Crippen molar-refractivity contribution in [1.29, 1.82) is 0 Å². The van der Waals surface area contributed by atoms with E-state index >= 15 is 0 Å². The number of nitrogens with one attached hydrogen (secondary N) is 2. The summed E-state index contributed by atoms with van der Waals surface area (Å²) < 4.78 is 32.8. The summed E-state index contributed by atoms with van der Waals surface area (Å²) in [7, 11) is -3.48. The zero-order valence-corrected chi connectivity index (χ0v) is 19.2. The molecule has 8 heteroatoms. The molecule has 0 atom stereocenters. The summed E-state index contributed by atoms with van der Waals surface area (Å²) in [5, 5.41) is 7.73. The van der Waals surface area contributed by atoms with Crippen molar-refractivity contribution in [3.63, 3.8) is 0 Å². The van der Waals surface area contributed by atoms with Crippen LogP contribution < -0.4 is 10.0 Å². The van der Waals surface area contributed by atoms with Crippen LogP contribution in [0.4, 0.5) is 0 Å². The Kier molecular flexibility index (Phi) is 6.57. The molecule has 1 amide bonds. The Morgan fingerprint density at radius 3 is 2.39 bits per heavy atom. The zero-order valence-electron chi connectivity index (χ0n) is 18.4. The van der Waals surface area contributed by atoms with E-state index in [1.54, 1.807) is 44.2 Å². The van der Waals surface area contributed by atoms with E-state index in [0.29, 0.717) is 22.4 Å². The fourth-order valence-corrected chi connectivity index (χ4v) is 5.13. The number of benzene rings is 3. The number of carbonyl (C=O) groups is 1. The molecular weight excluding hydrogens is 438 g/mol. The normalized spacial score (nSPS) is 11.7. The Labute approximate surface area is 192 Å². The van der Waals surface area contributed by atoms with Crippen molar-refractivity contribution in [1.82, 2.24) is 15.2 Å². The van der Waals surface area contributed by atoms with Gasteiger partial charge in [-0.15, -0.1) is 0 Å². The lowest BCUT2D eigenvalue weighted by molar-refractivity contribution is 0.0951. The molecule has 0 spiro atoms. The van der Waals surface area contributed by atoms with Gasteiger partial charge < -0.3 is 9.84 Å². The first-order chi connectivity index (χ1) is 15.8. The summed E-state index contributed by atoms with van der Waals surface area (Å²) in [6, 6.07) is 21.8. The van der Waals surface area contributed by atoms with Gasteiger partial charge in [-0.25, -0.2) is 13.1 Å². The molecule has 0 fully saturated rings. The van der Waals surface area contributed by atoms with Crippen molar-refractivity contribution >= 4 is 26.8 Å². The first-order valence-electron chi connectivity index (χ1n) is 10.6. The molecule has 0 radical (unpaired) electrons. The summed E-state index contributed by atoms with van der Waals surface area (Å²) in [6.07, 6.45) is 0. The monoisotopic (exact) mass is 463 g/mol. The van der Waals surface area contributed by atoms with Gasteiger partial charge in [0, 0.05) is 23.7 Å². The summed E-state index contributed by atoms with van der Waals surface area (Å²) in [6.45, 7) is 3.76. The van der Waals surface area contributed by atoms with Crippen molar-refractivity contribution < 1.29 is 17.7 Å². The molecule has 0 bridgehead atoms. The van der Waals surface area contributed by atoms with E-state index in [4.69, 9.17) is 4.52 Å². The molecule has 7 nitrogen and oxygen atoms in total. The minimum atomic E-state index is -3.48. The number of carbonyl (C=O) groups excluding carboxylic acids is 1. The highest BCUT2D eigenvalue weighted by Gasteiger charge is 2.17. The summed E-state index contributed by atoms with van der Waals surface area (Å²) in [5.74, 6) is 0.188. The quantitative estimate of drug-likeness (QED) is 0.407. The van der Waals surface area contributed by atoms with Crippen molar-refractivity contribution in [3.8, 4) is 11.3 Å². The van der Waals surface area contributed by atoms with Gasteiger partial charge in [0.25, 0.3) is 5.91 Å². The SMILES string of the molecule is CC(C)NS(=O)(=O)Cc1ccccc1CNC(=O)c1ccc2noc(-c3ccccc3)c2c1. The minimum absolute atomic E-state index is 0.149. The second-order valence-electron chi connectivity index (χ2n) is 8.09. The molecule has 0 unspecified atom stereocenters. The van der Waals surface area contributed by atoms with E-state index in [0.717, 1.165) is 16.5 Å². The first-order valence-corrected chi connectivity index (χ1v) is 12.3. The van der Waals surface area contributed by atoms with Crippen LogP contribution in [0.3, 0.4) is 0 Å². The lowest BCUT2D eigenvalue weighted by Gasteiger charge is -2.13. The van der Waals surface area contributed by atoms with Crippen molar-refractivity contribution in [2.24, 2.45) is 0 Å². The lowest BCUT2D eigenvalue weighted by Crippen LogP contribution is -2.31. The number of fused-ring (bicyclic) bond motifs is 1. The molecule has 4 aromatic rings. The number of hydrogen-bond acceptors (Lipinski definition) is 5. The molecule has 1 aromatic heterocycles. The Balaban J connectivity index is 1.52. The minimum Gasteiger partial charge on any atom is -0.355 e. The third-order valence-electron chi connectivity index (χ3n) is 5.09. The average molecular weight is 464 g/mol. The Morgan fingerprint density at radius 1 is 0.970 bits per heavy atom. The number of amides is 1. The zero-order chi connectivity index (χ0) is 23.4. The fraction of sp³-hybridized carbons (Fsp3) is 0.200. The number of hydrogen-bond donors (Lipinski definition) is 2. The van der Waals surface area contributed by atoms with Crippen molar-refractivity contribution in [3.05, 3.63) is 89.5 Å². The lowest BCUT2D eigenvalue weighted by atomic mass is 10.1. The van der Waals surface area contributed by atoms with Crippen molar-refractivity contribution in [2.45, 2.75) is 32.2 Å². The van der Waals surface area contributed by atoms with Gasteiger partial charge in [-0.2, -0.15) is 0 Å². The summed E-state index contributed by atoms with van der Waals surface area (Å²) >= 11 is 0. The standard InChI is InChI=1S/C25H25N3O4S/c1-17(2)28-33(30,31)16-21-11-7-6-10-20(21)15-26-25(29)19-12-13-23-22(14-19)24(32-27-23)18-8-4-3-5-9-18/h3-14,17,28H,15-16H2,1-2H3,(H,26,29). The molecule has 0 saturated heterocycles. The topological polar surface area (TPSA) is 101 Å². The van der Waals surface area contributed by atoms with E-state index in [2.05, 4.69) is 15.2 Å². The molecule has 0 aliphatic carbocycles. The van der Waals surface area contributed by atoms with E-state index < -0.39 is 10.0 Å². The van der Waals surface area contributed by atoms with Crippen LogP contribution in [0.5, 0.6) is 0 Å². The van der Waals surface area contributed by atoms with Gasteiger partial charge in [-0.1, -0.05) is 59.8 Å². The van der Waals surface area contributed by atoms with Crippen LogP contribution in [0.25, 0.3) is 22.2 Å². The maximum Gasteiger partial charge on any atom is 0.251 e. The van der Waals surface area contributed by atoms with Gasteiger partial charge >= 0.3 is 0 Å². The summed E-state index contributed by atoms with van der Waals surface area (Å²) in [5.41, 5.74) is 3.40. The highest BCUT2D eigenvalue weighted by molar-refractivity contribution is 7.88. The largest absolute Gasteiger partial charge is 0.355 e. The Hall–Kier alpha value is -3.49. The van der Waals surface area contributed by atoms with Crippen LogP contribution in [0.1, 0.15) is 35.3 Å². The third kappa shape index (κ3) is 5.47. The van der Waals surface area contributed by atoms with Crippen LogP contribution in [-0.4, -0.2) is 25.5 Å². The van der Waals surface area contributed by atoms with Gasteiger partial charge in [-0.05, 0) is 43.2 Å². The van der Waals surface area contributed by atoms with Crippen LogP contribution >= 0.6 is 0 Å². The molecule has 33 heavy (non-hydrogen) atoms. The fourth-order valence-electron chi connectivity index (χ4n) is 3.63. The van der Waals surface area contributed by atoms with Crippen LogP contribution in [-0.2, 0) is 22.3 Å². The maximum absolute atomic E-state index is 12.9. The number of aromatic nitrogens is 1. The predicted molar refractivity (Wildman–Crippen MR) is 128 cm³/mol. The number of sulfonamides is 1. The molecule has 4 rings (SSSR count). The van der Waals surface area contributed by atoms with E-state index in [9.17, 15) is 13.2 Å². The number of nitrogens with zero attached hydrogens (tertiary/aromatic N) is 1. The highest BCUT2D eigenvalue weighted by Crippen LogP contribution is 2.29. The van der Waals surface area contributed by atoms with E-state index in [1.165, 1.54) is 0 Å². The average Bonchev–Trinajstić information content (AvgIpc) is 3.21.